The molecule has 8 heteroatoms. The Morgan fingerprint density at radius 2 is 1.46 bits per heavy atom. The summed E-state index contributed by atoms with van der Waals surface area (Å²) in [6.07, 6.45) is 9.52. The van der Waals surface area contributed by atoms with Gasteiger partial charge in [0.1, 0.15) is 0 Å². The lowest BCUT2D eigenvalue weighted by Gasteiger charge is -2.33. The molecular weight excluding hydrogens is 566 g/mol. The Morgan fingerprint density at radius 1 is 0.780 bits per heavy atom. The number of rotatable bonds is 7. The summed E-state index contributed by atoms with van der Waals surface area (Å²) in [6.45, 7) is 14.1. The summed E-state index contributed by atoms with van der Waals surface area (Å²) in [7, 11) is 4.20. The van der Waals surface area contributed by atoms with Gasteiger partial charge in [-0.2, -0.15) is 0 Å². The van der Waals surface area contributed by atoms with Gasteiger partial charge < -0.3 is 9.80 Å². The predicted octanol–water partition coefficient (Wildman–Crippen LogP) is 7.83. The van der Waals surface area contributed by atoms with E-state index in [0.717, 1.165) is 50.2 Å². The Hall–Kier alpha value is -1.19. The van der Waals surface area contributed by atoms with Crippen molar-refractivity contribution in [3.8, 4) is 0 Å². The van der Waals surface area contributed by atoms with E-state index in [0.29, 0.717) is 0 Å². The molecule has 0 atom stereocenters. The number of nitrogens with zero attached hydrogens (tertiary/aromatic N) is 5. The summed E-state index contributed by atoms with van der Waals surface area (Å²) in [5, 5.41) is 0.835. The first-order valence-corrected chi connectivity index (χ1v) is 17.3. The molecule has 3 aliphatic rings. The van der Waals surface area contributed by atoms with Crippen molar-refractivity contribution in [2.45, 2.75) is 62.9 Å². The van der Waals surface area contributed by atoms with Gasteiger partial charge in [-0.05, 0) is 110 Å². The highest BCUT2D eigenvalue weighted by molar-refractivity contribution is 7.97. The number of fused-ring (bicyclic) bond motifs is 1. The zero-order valence-electron chi connectivity index (χ0n) is 25.1. The van der Waals surface area contributed by atoms with Crippen molar-refractivity contribution in [1.29, 1.82) is 0 Å². The van der Waals surface area contributed by atoms with Gasteiger partial charge in [0.05, 0.1) is 0 Å². The predicted molar refractivity (Wildman–Crippen MR) is 179 cm³/mol. The van der Waals surface area contributed by atoms with E-state index in [1.54, 1.807) is 0 Å². The van der Waals surface area contributed by atoms with Crippen molar-refractivity contribution in [2.24, 2.45) is 5.92 Å². The topological polar surface area (TPSA) is 16.2 Å². The van der Waals surface area contributed by atoms with Gasteiger partial charge in [-0.1, -0.05) is 43.5 Å². The van der Waals surface area contributed by atoms with E-state index < -0.39 is 0 Å². The maximum atomic E-state index is 6.30. The van der Waals surface area contributed by atoms with Crippen LogP contribution >= 0.6 is 35.7 Å². The van der Waals surface area contributed by atoms with Crippen LogP contribution in [-0.4, -0.2) is 77.7 Å². The fourth-order valence-electron chi connectivity index (χ4n) is 6.33. The molecule has 0 aromatic heterocycles. The summed E-state index contributed by atoms with van der Waals surface area (Å²) in [5.41, 5.74) is 5.29. The maximum absolute atomic E-state index is 6.30. The van der Waals surface area contributed by atoms with Crippen LogP contribution in [0.1, 0.15) is 56.1 Å². The van der Waals surface area contributed by atoms with E-state index in [9.17, 15) is 0 Å². The first-order chi connectivity index (χ1) is 19.9. The quantitative estimate of drug-likeness (QED) is 0.231. The summed E-state index contributed by atoms with van der Waals surface area (Å²) in [4.78, 5) is 6.25. The third-order valence-electron chi connectivity index (χ3n) is 8.49. The number of halogens is 1. The van der Waals surface area contributed by atoms with Crippen LogP contribution < -0.4 is 4.90 Å². The zero-order chi connectivity index (χ0) is 28.6. The van der Waals surface area contributed by atoms with Crippen LogP contribution in [0.15, 0.2) is 59.5 Å². The second kappa shape index (κ2) is 15.5. The van der Waals surface area contributed by atoms with Crippen LogP contribution in [0.2, 0.25) is 5.02 Å². The molecule has 1 saturated carbocycles. The average molecular weight is 614 g/mol. The van der Waals surface area contributed by atoms with Crippen LogP contribution in [0, 0.1) is 5.92 Å². The molecule has 2 aromatic carbocycles. The fraction of sp³-hybridized carbons (Fsp3) is 0.576. The molecule has 0 amide bonds. The SMILES string of the molecule is C=C1CN(Sc2ccc(N(C)C)cc2)CCCN(CC2CCCCC2)CCCN(SN2Cc3ccc(Cl)cc3C2)C1. The molecule has 0 bridgehead atoms. The van der Waals surface area contributed by atoms with E-state index in [1.165, 1.54) is 91.9 Å². The molecular formula is C33H48ClN5S2. The normalized spacial score (nSPS) is 21.4. The van der Waals surface area contributed by atoms with Crippen molar-refractivity contribution in [2.75, 3.05) is 64.8 Å². The van der Waals surface area contributed by atoms with Gasteiger partial charge >= 0.3 is 0 Å². The van der Waals surface area contributed by atoms with Crippen LogP contribution in [0.25, 0.3) is 0 Å². The van der Waals surface area contributed by atoms with E-state index in [4.69, 9.17) is 11.6 Å². The van der Waals surface area contributed by atoms with Gasteiger partial charge in [-0.3, -0.25) is 0 Å². The van der Waals surface area contributed by atoms with Gasteiger partial charge in [-0.15, -0.1) is 0 Å². The second-order valence-corrected chi connectivity index (χ2v) is 15.1. The average Bonchev–Trinajstić information content (AvgIpc) is 3.34. The molecule has 0 N–H and O–H groups in total. The van der Waals surface area contributed by atoms with E-state index in [1.807, 2.05) is 30.1 Å². The molecule has 2 aliphatic heterocycles. The Bertz CT molecular complexity index is 1120. The van der Waals surface area contributed by atoms with Gasteiger partial charge in [0.2, 0.25) is 0 Å². The van der Waals surface area contributed by atoms with E-state index in [2.05, 4.69) is 79.8 Å². The standard InChI is InChI=1S/C33H48ClN5S2/c1-27-22-37(40-33-15-13-32(14-16-33)35(2)3)19-7-17-36(24-28-9-5-4-6-10-28)18-8-20-38(23-27)41-39-25-29-11-12-31(34)21-30(29)26-39/h11-16,21,28H,1,4-10,17-20,22-26H2,2-3H3. The third-order valence-corrected chi connectivity index (χ3v) is 10.8. The Kier molecular flexibility index (Phi) is 11.8. The zero-order valence-corrected chi connectivity index (χ0v) is 27.5. The Balaban J connectivity index is 1.25. The highest BCUT2D eigenvalue weighted by atomic mass is 35.5. The number of benzene rings is 2. The molecule has 0 spiro atoms. The van der Waals surface area contributed by atoms with Crippen molar-refractivity contribution in [3.63, 3.8) is 0 Å². The third kappa shape index (κ3) is 9.65. The van der Waals surface area contributed by atoms with Crippen molar-refractivity contribution < 1.29 is 0 Å². The number of hydrogen-bond acceptors (Lipinski definition) is 7. The molecule has 1 aliphatic carbocycles. The van der Waals surface area contributed by atoms with Crippen LogP contribution in [-0.2, 0) is 13.1 Å². The minimum atomic E-state index is 0.835. The van der Waals surface area contributed by atoms with E-state index >= 15 is 0 Å². The van der Waals surface area contributed by atoms with Crippen molar-refractivity contribution in [1.82, 2.24) is 17.8 Å². The van der Waals surface area contributed by atoms with Gasteiger partial charge in [0.15, 0.2) is 0 Å². The molecule has 2 aromatic rings. The highest BCUT2D eigenvalue weighted by Crippen LogP contribution is 2.33. The molecule has 0 radical (unpaired) electrons. The van der Waals surface area contributed by atoms with Crippen LogP contribution in [0.3, 0.4) is 0 Å². The van der Waals surface area contributed by atoms with E-state index in [-0.39, 0.29) is 0 Å². The molecule has 1 saturated heterocycles. The van der Waals surface area contributed by atoms with Gasteiger partial charge in [0, 0.05) is 87.6 Å². The molecule has 0 unspecified atom stereocenters. The lowest BCUT2D eigenvalue weighted by Crippen LogP contribution is -2.37. The summed E-state index contributed by atoms with van der Waals surface area (Å²) >= 11 is 10.1. The molecule has 5 nitrogen and oxygen atoms in total. The second-order valence-electron chi connectivity index (χ2n) is 12.3. The highest BCUT2D eigenvalue weighted by Gasteiger charge is 2.24. The van der Waals surface area contributed by atoms with Crippen molar-refractivity contribution >= 4 is 41.4 Å². The molecule has 5 rings (SSSR count). The molecule has 2 heterocycles. The lowest BCUT2D eigenvalue weighted by molar-refractivity contribution is 0.189. The number of anilines is 1. The summed E-state index contributed by atoms with van der Waals surface area (Å²) < 4.78 is 7.59. The Morgan fingerprint density at radius 3 is 2.20 bits per heavy atom. The largest absolute Gasteiger partial charge is 0.378 e. The number of hydrogen-bond donors (Lipinski definition) is 0. The minimum Gasteiger partial charge on any atom is -0.378 e. The van der Waals surface area contributed by atoms with Gasteiger partial charge in [-0.25, -0.2) is 12.9 Å². The molecule has 41 heavy (non-hydrogen) atoms. The van der Waals surface area contributed by atoms with Crippen LogP contribution in [0.5, 0.6) is 0 Å². The molecule has 224 valence electrons. The molecule has 2 fully saturated rings. The van der Waals surface area contributed by atoms with Gasteiger partial charge in [0.25, 0.3) is 0 Å². The summed E-state index contributed by atoms with van der Waals surface area (Å²) in [6, 6.07) is 15.3. The minimum absolute atomic E-state index is 0.835. The smallest absolute Gasteiger partial charge is 0.0409 e. The Labute approximate surface area is 262 Å². The fourth-order valence-corrected chi connectivity index (χ4v) is 8.72. The monoisotopic (exact) mass is 613 g/mol. The first kappa shape index (κ1) is 31.2. The maximum Gasteiger partial charge on any atom is 0.0409 e. The van der Waals surface area contributed by atoms with Crippen molar-refractivity contribution in [3.05, 3.63) is 70.8 Å². The first-order valence-electron chi connectivity index (χ1n) is 15.5. The van der Waals surface area contributed by atoms with Crippen LogP contribution in [0.4, 0.5) is 5.69 Å². The lowest BCUT2D eigenvalue weighted by atomic mass is 9.89. The summed E-state index contributed by atoms with van der Waals surface area (Å²) in [5.74, 6) is 0.887.